The summed E-state index contributed by atoms with van der Waals surface area (Å²) < 4.78 is 0. The number of halogens is 1. The van der Waals surface area contributed by atoms with E-state index in [2.05, 4.69) is 41.6 Å². The van der Waals surface area contributed by atoms with Gasteiger partial charge in [0.15, 0.2) is 5.96 Å². The summed E-state index contributed by atoms with van der Waals surface area (Å²) >= 11 is 0. The third-order valence-corrected chi connectivity index (χ3v) is 4.26. The van der Waals surface area contributed by atoms with Gasteiger partial charge < -0.3 is 15.5 Å². The van der Waals surface area contributed by atoms with Crippen molar-refractivity contribution >= 4 is 41.5 Å². The number of benzene rings is 1. The molecule has 1 aliphatic rings. The molecule has 0 atom stereocenters. The van der Waals surface area contributed by atoms with Gasteiger partial charge in [-0.3, -0.25) is 9.79 Å². The molecule has 0 unspecified atom stereocenters. The van der Waals surface area contributed by atoms with Gasteiger partial charge in [0.05, 0.1) is 0 Å². The van der Waals surface area contributed by atoms with E-state index in [1.165, 1.54) is 12.0 Å². The number of aliphatic imine (C=N–C) groups is 1. The van der Waals surface area contributed by atoms with E-state index < -0.39 is 0 Å². The number of nitrogens with one attached hydrogen (secondary N) is 2. The van der Waals surface area contributed by atoms with Crippen LogP contribution in [-0.4, -0.2) is 32.0 Å². The lowest BCUT2D eigenvalue weighted by Gasteiger charge is -2.16. The van der Waals surface area contributed by atoms with Crippen molar-refractivity contribution in [2.45, 2.75) is 46.1 Å². The first-order valence-corrected chi connectivity index (χ1v) is 8.94. The first-order chi connectivity index (χ1) is 11.6. The van der Waals surface area contributed by atoms with Gasteiger partial charge in [0.1, 0.15) is 0 Å². The van der Waals surface area contributed by atoms with Crippen LogP contribution in [0.4, 0.5) is 5.69 Å². The fraction of sp³-hybridized carbons (Fsp3) is 0.579. The third kappa shape index (κ3) is 7.22. The lowest BCUT2D eigenvalue weighted by Crippen LogP contribution is -2.37. The van der Waals surface area contributed by atoms with Gasteiger partial charge in [-0.1, -0.05) is 26.0 Å². The number of nitrogens with zero attached hydrogens (tertiary/aromatic N) is 2. The number of rotatable bonds is 7. The Morgan fingerprint density at radius 3 is 2.52 bits per heavy atom. The normalized spacial score (nSPS) is 14.6. The first-order valence-electron chi connectivity index (χ1n) is 8.94. The largest absolute Gasteiger partial charge is 0.356 e. The van der Waals surface area contributed by atoms with Gasteiger partial charge in [-0.15, -0.1) is 24.0 Å². The van der Waals surface area contributed by atoms with Gasteiger partial charge in [-0.05, 0) is 42.9 Å². The Kier molecular flexibility index (Phi) is 9.85. The highest BCUT2D eigenvalue weighted by Crippen LogP contribution is 2.21. The molecule has 0 bridgehead atoms. The van der Waals surface area contributed by atoms with Crippen LogP contribution in [0.25, 0.3) is 0 Å². The zero-order valence-electron chi connectivity index (χ0n) is 15.5. The predicted octanol–water partition coefficient (Wildman–Crippen LogP) is 3.53. The molecule has 0 aromatic heterocycles. The molecule has 0 aliphatic carbocycles. The summed E-state index contributed by atoms with van der Waals surface area (Å²) in [6.07, 6.45) is 4.00. The Balaban J connectivity index is 0.00000312. The van der Waals surface area contributed by atoms with E-state index in [1.807, 2.05) is 17.0 Å². The number of carbonyl (C=O) groups is 1. The van der Waals surface area contributed by atoms with Gasteiger partial charge in [0.25, 0.3) is 0 Å². The van der Waals surface area contributed by atoms with Crippen LogP contribution in [0, 0.1) is 5.92 Å². The van der Waals surface area contributed by atoms with Gasteiger partial charge in [-0.2, -0.15) is 0 Å². The van der Waals surface area contributed by atoms with Crippen molar-refractivity contribution in [3.05, 3.63) is 29.8 Å². The maximum atomic E-state index is 11.8. The molecule has 1 amide bonds. The first kappa shape index (κ1) is 21.7. The van der Waals surface area contributed by atoms with Crippen molar-refractivity contribution in [1.29, 1.82) is 0 Å². The highest BCUT2D eigenvalue weighted by Gasteiger charge is 2.21. The zero-order valence-corrected chi connectivity index (χ0v) is 17.9. The highest BCUT2D eigenvalue weighted by molar-refractivity contribution is 14.0. The van der Waals surface area contributed by atoms with E-state index in [0.29, 0.717) is 6.42 Å². The van der Waals surface area contributed by atoms with E-state index in [4.69, 9.17) is 0 Å². The van der Waals surface area contributed by atoms with Crippen molar-refractivity contribution in [2.75, 3.05) is 25.0 Å². The molecule has 0 saturated carbocycles. The molecule has 1 aliphatic heterocycles. The number of amides is 1. The summed E-state index contributed by atoms with van der Waals surface area (Å²) in [5.41, 5.74) is 2.17. The fourth-order valence-corrected chi connectivity index (χ4v) is 2.84. The number of carbonyl (C=O) groups excluding carboxylic acids is 1. The van der Waals surface area contributed by atoms with Gasteiger partial charge in [-0.25, -0.2) is 0 Å². The zero-order chi connectivity index (χ0) is 17.4. The molecular formula is C19H31IN4O. The van der Waals surface area contributed by atoms with Crippen LogP contribution in [0.3, 0.4) is 0 Å². The molecule has 1 heterocycles. The predicted molar refractivity (Wildman–Crippen MR) is 116 cm³/mol. The molecule has 6 heteroatoms. The lowest BCUT2D eigenvalue weighted by molar-refractivity contribution is -0.117. The summed E-state index contributed by atoms with van der Waals surface area (Å²) in [7, 11) is 1.79. The van der Waals surface area contributed by atoms with Crippen LogP contribution in [0.5, 0.6) is 0 Å². The van der Waals surface area contributed by atoms with Crippen molar-refractivity contribution in [3.8, 4) is 0 Å². The van der Waals surface area contributed by atoms with Crippen LogP contribution < -0.4 is 15.5 Å². The maximum Gasteiger partial charge on any atom is 0.227 e. The molecule has 1 saturated heterocycles. The molecule has 25 heavy (non-hydrogen) atoms. The minimum absolute atomic E-state index is 0. The van der Waals surface area contributed by atoms with Crippen molar-refractivity contribution in [2.24, 2.45) is 10.9 Å². The average Bonchev–Trinajstić information content (AvgIpc) is 3.00. The summed E-state index contributed by atoms with van der Waals surface area (Å²) in [6, 6.07) is 8.19. The molecule has 2 rings (SSSR count). The number of guanidine groups is 1. The van der Waals surface area contributed by atoms with Crippen LogP contribution in [0.1, 0.15) is 45.1 Å². The van der Waals surface area contributed by atoms with Gasteiger partial charge in [0.2, 0.25) is 5.91 Å². The third-order valence-electron chi connectivity index (χ3n) is 4.26. The van der Waals surface area contributed by atoms with E-state index in [-0.39, 0.29) is 29.9 Å². The van der Waals surface area contributed by atoms with Crippen LogP contribution in [0.15, 0.2) is 29.3 Å². The Morgan fingerprint density at radius 1 is 1.24 bits per heavy atom. The fourth-order valence-electron chi connectivity index (χ4n) is 2.84. The number of hydrogen-bond donors (Lipinski definition) is 2. The van der Waals surface area contributed by atoms with E-state index in [9.17, 15) is 4.79 Å². The Morgan fingerprint density at radius 2 is 1.96 bits per heavy atom. The molecule has 1 fully saturated rings. The molecule has 1 aromatic rings. The SMILES string of the molecule is CN=C(NCCCC(C)C)NCc1ccc(N2CCCC2=O)cc1.I. The minimum Gasteiger partial charge on any atom is -0.356 e. The summed E-state index contributed by atoms with van der Waals surface area (Å²) in [4.78, 5) is 17.9. The summed E-state index contributed by atoms with van der Waals surface area (Å²) in [5, 5.41) is 6.67. The molecular weight excluding hydrogens is 427 g/mol. The lowest BCUT2D eigenvalue weighted by atomic mass is 10.1. The molecule has 140 valence electrons. The summed E-state index contributed by atoms with van der Waals surface area (Å²) in [5.74, 6) is 1.80. The maximum absolute atomic E-state index is 11.8. The van der Waals surface area contributed by atoms with Crippen LogP contribution >= 0.6 is 24.0 Å². The monoisotopic (exact) mass is 458 g/mol. The number of hydrogen-bond acceptors (Lipinski definition) is 2. The van der Waals surface area contributed by atoms with E-state index in [0.717, 1.165) is 50.0 Å². The second-order valence-electron chi connectivity index (χ2n) is 6.70. The average molecular weight is 458 g/mol. The van der Waals surface area contributed by atoms with Gasteiger partial charge >= 0.3 is 0 Å². The second kappa shape index (κ2) is 11.3. The van der Waals surface area contributed by atoms with Crippen molar-refractivity contribution in [1.82, 2.24) is 10.6 Å². The molecule has 5 nitrogen and oxygen atoms in total. The molecule has 1 aromatic carbocycles. The Hall–Kier alpha value is -1.31. The highest BCUT2D eigenvalue weighted by atomic mass is 127. The quantitative estimate of drug-likeness (QED) is 0.285. The van der Waals surface area contributed by atoms with Crippen LogP contribution in [-0.2, 0) is 11.3 Å². The molecule has 2 N–H and O–H groups in total. The van der Waals surface area contributed by atoms with Crippen LogP contribution in [0.2, 0.25) is 0 Å². The smallest absolute Gasteiger partial charge is 0.227 e. The van der Waals surface area contributed by atoms with E-state index in [1.54, 1.807) is 7.05 Å². The Bertz CT molecular complexity index is 557. The number of anilines is 1. The molecule has 0 spiro atoms. The standard InChI is InChI=1S/C19H30N4O.HI/c1-15(2)6-4-12-21-19(20-3)22-14-16-8-10-17(11-9-16)23-13-5-7-18(23)24;/h8-11,15H,4-7,12-14H2,1-3H3,(H2,20,21,22);1H. The minimum atomic E-state index is 0. The van der Waals surface area contributed by atoms with Crippen molar-refractivity contribution in [3.63, 3.8) is 0 Å². The van der Waals surface area contributed by atoms with Crippen molar-refractivity contribution < 1.29 is 4.79 Å². The Labute approximate surface area is 168 Å². The second-order valence-corrected chi connectivity index (χ2v) is 6.70. The molecule has 0 radical (unpaired) electrons. The topological polar surface area (TPSA) is 56.7 Å². The van der Waals surface area contributed by atoms with E-state index >= 15 is 0 Å². The summed E-state index contributed by atoms with van der Waals surface area (Å²) in [6.45, 7) is 6.98. The van der Waals surface area contributed by atoms with Gasteiger partial charge in [0, 0.05) is 38.8 Å².